The van der Waals surface area contributed by atoms with Gasteiger partial charge in [-0.3, -0.25) is 0 Å². The molecule has 0 bridgehead atoms. The fourth-order valence-electron chi connectivity index (χ4n) is 9.53. The maximum Gasteiger partial charge on any atom is 0.118 e. The molecule has 0 N–H and O–H groups in total. The van der Waals surface area contributed by atoms with Gasteiger partial charge in [-0.25, -0.2) is 9.97 Å². The number of hydrogen-bond donors (Lipinski definition) is 0. The third-order valence-corrected chi connectivity index (χ3v) is 12.3. The molecule has 0 saturated heterocycles. The Morgan fingerprint density at radius 3 is 1.32 bits per heavy atom. The first kappa shape index (κ1) is 34.2. The standard InChI is InChI=1S/C57H36N2O/c1-60-42-29-25-37(26-30-42)50-34-28-41-24-23-40-27-33-49(58-56(40)57(41)59-50)36-21-19-35(20-22-36)43-31-32-48-53-44(43)17-10-18-47(53)54-51(38-11-4-2-5-12-38)45-15-8-9-16-46(45)52(55(48)54)39-13-6-3-7-14-39/h2-34H,1H3. The second-order valence-corrected chi connectivity index (χ2v) is 15.6. The summed E-state index contributed by atoms with van der Waals surface area (Å²) in [6.45, 7) is 0. The van der Waals surface area contributed by atoms with Crippen molar-refractivity contribution >= 4 is 43.4 Å². The van der Waals surface area contributed by atoms with Crippen molar-refractivity contribution < 1.29 is 4.74 Å². The van der Waals surface area contributed by atoms with E-state index in [1.165, 1.54) is 77.2 Å². The topological polar surface area (TPSA) is 35.0 Å². The lowest BCUT2D eigenvalue weighted by atomic mass is 9.82. The number of methoxy groups -OCH3 is 1. The molecular weight excluding hydrogens is 729 g/mol. The maximum atomic E-state index is 5.38. The zero-order valence-electron chi connectivity index (χ0n) is 32.9. The van der Waals surface area contributed by atoms with Crippen LogP contribution in [0.1, 0.15) is 0 Å². The van der Waals surface area contributed by atoms with Crippen molar-refractivity contribution in [2.45, 2.75) is 0 Å². The smallest absolute Gasteiger partial charge is 0.118 e. The number of benzene rings is 9. The van der Waals surface area contributed by atoms with Crippen molar-refractivity contribution in [2.24, 2.45) is 0 Å². The molecule has 2 heterocycles. The molecule has 12 rings (SSSR count). The van der Waals surface area contributed by atoms with Crippen LogP contribution in [0.25, 0.3) is 122 Å². The van der Waals surface area contributed by atoms with Gasteiger partial charge in [0.05, 0.1) is 29.5 Å². The van der Waals surface area contributed by atoms with Crippen LogP contribution in [0.3, 0.4) is 0 Å². The van der Waals surface area contributed by atoms with E-state index in [1.807, 2.05) is 24.3 Å². The van der Waals surface area contributed by atoms with Crippen LogP contribution in [-0.2, 0) is 0 Å². The molecule has 0 unspecified atom stereocenters. The number of hydrogen-bond acceptors (Lipinski definition) is 3. The van der Waals surface area contributed by atoms with Crippen LogP contribution in [0.15, 0.2) is 200 Å². The summed E-state index contributed by atoms with van der Waals surface area (Å²) in [6.07, 6.45) is 0. The normalized spacial score (nSPS) is 11.8. The fraction of sp³-hybridized carbons (Fsp3) is 0.0175. The largest absolute Gasteiger partial charge is 0.497 e. The molecule has 1 aliphatic rings. The van der Waals surface area contributed by atoms with Gasteiger partial charge in [-0.1, -0.05) is 164 Å². The Hall–Kier alpha value is -7.88. The van der Waals surface area contributed by atoms with Crippen LogP contribution in [-0.4, -0.2) is 17.1 Å². The summed E-state index contributed by atoms with van der Waals surface area (Å²) in [4.78, 5) is 10.4. The minimum atomic E-state index is 0.824. The van der Waals surface area contributed by atoms with E-state index in [-0.39, 0.29) is 0 Å². The number of ether oxygens (including phenoxy) is 1. The highest BCUT2D eigenvalue weighted by Crippen LogP contribution is 2.58. The lowest BCUT2D eigenvalue weighted by Crippen LogP contribution is -1.93. The van der Waals surface area contributed by atoms with Gasteiger partial charge in [0.1, 0.15) is 5.75 Å². The van der Waals surface area contributed by atoms with E-state index >= 15 is 0 Å². The SMILES string of the molecule is COc1ccc(-c2ccc3ccc4ccc(-c5ccc(-c6ccc7c8c(cccc68)-c6c-7c(-c7ccccc7)c7ccccc7c6-c6ccccc6)cc5)nc4c3n2)cc1. The lowest BCUT2D eigenvalue weighted by molar-refractivity contribution is 0.415. The molecule has 3 heteroatoms. The van der Waals surface area contributed by atoms with Crippen LogP contribution < -0.4 is 4.74 Å². The first-order chi connectivity index (χ1) is 29.7. The second-order valence-electron chi connectivity index (χ2n) is 15.6. The highest BCUT2D eigenvalue weighted by molar-refractivity contribution is 6.28. The molecule has 3 nitrogen and oxygen atoms in total. The Balaban J connectivity index is 0.990. The van der Waals surface area contributed by atoms with Crippen molar-refractivity contribution in [3.63, 3.8) is 0 Å². The molecule has 0 amide bonds. The molecule has 0 aliphatic heterocycles. The predicted molar refractivity (Wildman–Crippen MR) is 250 cm³/mol. The Bertz CT molecular complexity index is 3390. The molecule has 2 aromatic heterocycles. The zero-order chi connectivity index (χ0) is 39.7. The van der Waals surface area contributed by atoms with Gasteiger partial charge in [-0.05, 0) is 114 Å². The Labute approximate surface area is 347 Å². The minimum absolute atomic E-state index is 0.824. The van der Waals surface area contributed by atoms with Gasteiger partial charge in [0.25, 0.3) is 0 Å². The zero-order valence-corrected chi connectivity index (χ0v) is 32.9. The summed E-state index contributed by atoms with van der Waals surface area (Å²) < 4.78 is 5.38. The van der Waals surface area contributed by atoms with E-state index in [0.29, 0.717) is 0 Å². The van der Waals surface area contributed by atoms with E-state index in [0.717, 1.165) is 50.1 Å². The minimum Gasteiger partial charge on any atom is -0.497 e. The lowest BCUT2D eigenvalue weighted by Gasteiger charge is -2.20. The molecule has 1 aliphatic carbocycles. The van der Waals surface area contributed by atoms with Gasteiger partial charge < -0.3 is 4.74 Å². The van der Waals surface area contributed by atoms with Gasteiger partial charge in [-0.15, -0.1) is 0 Å². The first-order valence-electron chi connectivity index (χ1n) is 20.4. The molecular formula is C57H36N2O. The highest BCUT2D eigenvalue weighted by atomic mass is 16.5. The van der Waals surface area contributed by atoms with Gasteiger partial charge in [0.2, 0.25) is 0 Å². The van der Waals surface area contributed by atoms with E-state index in [2.05, 4.69) is 176 Å². The van der Waals surface area contributed by atoms with Crippen LogP contribution in [0.5, 0.6) is 5.75 Å². The number of aromatic nitrogens is 2. The number of rotatable bonds is 6. The average Bonchev–Trinajstić information content (AvgIpc) is 3.65. The first-order valence-corrected chi connectivity index (χ1v) is 20.4. The third kappa shape index (κ3) is 5.30. The quantitative estimate of drug-likeness (QED) is 0.158. The molecule has 0 spiro atoms. The van der Waals surface area contributed by atoms with Crippen LogP contribution in [0.4, 0.5) is 0 Å². The van der Waals surface area contributed by atoms with Crippen LogP contribution in [0.2, 0.25) is 0 Å². The molecule has 60 heavy (non-hydrogen) atoms. The Morgan fingerprint density at radius 2 is 0.767 bits per heavy atom. The van der Waals surface area contributed by atoms with Crippen molar-refractivity contribution in [3.8, 4) is 83.9 Å². The second kappa shape index (κ2) is 13.6. The maximum absolute atomic E-state index is 5.38. The summed E-state index contributed by atoms with van der Waals surface area (Å²) in [5, 5.41) is 7.23. The van der Waals surface area contributed by atoms with Crippen LogP contribution >= 0.6 is 0 Å². The van der Waals surface area contributed by atoms with Gasteiger partial charge >= 0.3 is 0 Å². The van der Waals surface area contributed by atoms with Crippen molar-refractivity contribution in [2.75, 3.05) is 7.11 Å². The molecule has 0 radical (unpaired) electrons. The van der Waals surface area contributed by atoms with Gasteiger partial charge in [0.15, 0.2) is 0 Å². The number of nitrogens with zero attached hydrogens (tertiary/aromatic N) is 2. The van der Waals surface area contributed by atoms with Crippen molar-refractivity contribution in [3.05, 3.63) is 200 Å². The Morgan fingerprint density at radius 1 is 0.317 bits per heavy atom. The molecule has 280 valence electrons. The molecule has 11 aromatic rings. The van der Waals surface area contributed by atoms with Crippen molar-refractivity contribution in [1.29, 1.82) is 0 Å². The van der Waals surface area contributed by atoms with Gasteiger partial charge in [-0.2, -0.15) is 0 Å². The fourth-order valence-corrected chi connectivity index (χ4v) is 9.53. The third-order valence-electron chi connectivity index (χ3n) is 12.3. The van der Waals surface area contributed by atoms with E-state index in [9.17, 15) is 0 Å². The highest BCUT2D eigenvalue weighted by Gasteiger charge is 2.31. The Kier molecular flexibility index (Phi) is 7.76. The molecule has 0 fully saturated rings. The monoisotopic (exact) mass is 764 g/mol. The number of fused-ring (bicyclic) bond motifs is 7. The average molecular weight is 765 g/mol. The molecule has 0 saturated carbocycles. The molecule has 0 atom stereocenters. The predicted octanol–water partition coefficient (Wildman–Crippen LogP) is 15.1. The number of pyridine rings is 2. The van der Waals surface area contributed by atoms with Crippen molar-refractivity contribution in [1.82, 2.24) is 9.97 Å². The summed E-state index contributed by atoms with van der Waals surface area (Å²) in [7, 11) is 1.68. The molecule has 9 aromatic carbocycles. The summed E-state index contributed by atoms with van der Waals surface area (Å²) >= 11 is 0. The van der Waals surface area contributed by atoms with Gasteiger partial charge in [0, 0.05) is 21.9 Å². The van der Waals surface area contributed by atoms with Crippen LogP contribution in [0, 0.1) is 0 Å². The van der Waals surface area contributed by atoms with E-state index < -0.39 is 0 Å². The summed E-state index contributed by atoms with van der Waals surface area (Å²) in [5.41, 5.74) is 18.3. The van der Waals surface area contributed by atoms with E-state index in [4.69, 9.17) is 14.7 Å². The summed E-state index contributed by atoms with van der Waals surface area (Å²) in [6, 6.07) is 72.0. The van der Waals surface area contributed by atoms with E-state index in [1.54, 1.807) is 7.11 Å². The summed E-state index contributed by atoms with van der Waals surface area (Å²) in [5.74, 6) is 0.824.